The van der Waals surface area contributed by atoms with Gasteiger partial charge in [-0.15, -0.1) is 0 Å². The van der Waals surface area contributed by atoms with Gasteiger partial charge in [-0.05, 0) is 59.6 Å². The fraction of sp³-hybridized carbons (Fsp3) is 0.556. The van der Waals surface area contributed by atoms with Gasteiger partial charge in [-0.3, -0.25) is 4.79 Å². The molecule has 4 nitrogen and oxygen atoms in total. The second-order valence-corrected chi connectivity index (χ2v) is 9.34. The summed E-state index contributed by atoms with van der Waals surface area (Å²) in [5.41, 5.74) is -0.288. The number of methoxy groups -OCH3 is 1. The fourth-order valence-corrected chi connectivity index (χ4v) is 2.68. The standard InChI is InChI=1S/C18H25F2NO3S/c1-17(2,3)25(23)21-15(7-8-18(4,5)16(22)24-6)12-9-13(19)11-14(20)10-12/h9-11H,7-8H2,1-6H3/b21-15-/t25-/m0/s1. The molecule has 1 aromatic rings. The summed E-state index contributed by atoms with van der Waals surface area (Å²) < 4.78 is 47.9. The molecule has 0 radical (unpaired) electrons. The van der Waals surface area contributed by atoms with E-state index in [1.54, 1.807) is 34.6 Å². The molecule has 25 heavy (non-hydrogen) atoms. The molecule has 0 heterocycles. The fourth-order valence-electron chi connectivity index (χ4n) is 2.01. The summed E-state index contributed by atoms with van der Waals surface area (Å²) in [5.74, 6) is -1.87. The largest absolute Gasteiger partial charge is 0.469 e. The Kier molecular flexibility index (Phi) is 6.99. The van der Waals surface area contributed by atoms with Crippen molar-refractivity contribution in [3.8, 4) is 0 Å². The molecule has 0 spiro atoms. The molecule has 1 atom stereocenters. The van der Waals surface area contributed by atoms with Gasteiger partial charge in [-0.25, -0.2) is 13.0 Å². The lowest BCUT2D eigenvalue weighted by molar-refractivity contribution is -0.151. The quantitative estimate of drug-likeness (QED) is 0.555. The van der Waals surface area contributed by atoms with Crippen LogP contribution in [-0.2, 0) is 20.5 Å². The molecule has 140 valence electrons. The van der Waals surface area contributed by atoms with Gasteiger partial charge in [0, 0.05) is 11.6 Å². The van der Waals surface area contributed by atoms with E-state index in [4.69, 9.17) is 4.74 Å². The van der Waals surface area contributed by atoms with E-state index in [1.807, 2.05) is 0 Å². The summed E-state index contributed by atoms with van der Waals surface area (Å²) in [5, 5.41) is 0. The van der Waals surface area contributed by atoms with Gasteiger partial charge in [0.2, 0.25) is 0 Å². The summed E-state index contributed by atoms with van der Waals surface area (Å²) in [6.45, 7) is 8.70. The molecule has 0 aromatic heterocycles. The maximum atomic E-state index is 13.6. The third-order valence-corrected chi connectivity index (χ3v) is 5.07. The van der Waals surface area contributed by atoms with Gasteiger partial charge in [-0.1, -0.05) is 0 Å². The number of benzene rings is 1. The lowest BCUT2D eigenvalue weighted by Crippen LogP contribution is -2.27. The second-order valence-electron chi connectivity index (χ2n) is 7.43. The molecule has 0 fully saturated rings. The van der Waals surface area contributed by atoms with Crippen molar-refractivity contribution in [3.05, 3.63) is 35.4 Å². The Labute approximate surface area is 150 Å². The first-order chi connectivity index (χ1) is 11.4. The zero-order valence-electron chi connectivity index (χ0n) is 15.5. The predicted molar refractivity (Wildman–Crippen MR) is 95.8 cm³/mol. The summed E-state index contributed by atoms with van der Waals surface area (Å²) in [6, 6.07) is 3.06. The van der Waals surface area contributed by atoms with Crippen molar-refractivity contribution < 1.29 is 22.5 Å². The first-order valence-electron chi connectivity index (χ1n) is 7.91. The van der Waals surface area contributed by atoms with Crippen molar-refractivity contribution in [2.75, 3.05) is 7.11 Å². The number of nitrogens with zero attached hydrogens (tertiary/aromatic N) is 1. The maximum Gasteiger partial charge on any atom is 0.311 e. The highest BCUT2D eigenvalue weighted by molar-refractivity contribution is 7.85. The van der Waals surface area contributed by atoms with Gasteiger partial charge in [0.05, 0.1) is 23.0 Å². The van der Waals surface area contributed by atoms with Crippen LogP contribution >= 0.6 is 0 Å². The minimum absolute atomic E-state index is 0.218. The van der Waals surface area contributed by atoms with E-state index in [1.165, 1.54) is 7.11 Å². The van der Waals surface area contributed by atoms with E-state index in [9.17, 15) is 17.8 Å². The Morgan fingerprint density at radius 3 is 2.08 bits per heavy atom. The minimum Gasteiger partial charge on any atom is -0.469 e. The number of rotatable bonds is 6. The lowest BCUT2D eigenvalue weighted by atomic mass is 9.86. The molecule has 0 amide bonds. The second kappa shape index (κ2) is 8.17. The Balaban J connectivity index is 3.23. The summed E-state index contributed by atoms with van der Waals surface area (Å²) in [4.78, 5) is 11.8. The molecule has 0 aliphatic heterocycles. The normalized spacial score (nSPS) is 14.3. The Morgan fingerprint density at radius 2 is 1.64 bits per heavy atom. The molecule has 1 aromatic carbocycles. The Bertz CT molecular complexity index is 674. The molecule has 0 aliphatic rings. The molecule has 0 bridgehead atoms. The van der Waals surface area contributed by atoms with E-state index in [0.29, 0.717) is 12.1 Å². The third kappa shape index (κ3) is 6.30. The summed E-state index contributed by atoms with van der Waals surface area (Å²) in [7, 11) is -0.294. The van der Waals surface area contributed by atoms with E-state index in [0.717, 1.165) is 18.2 Å². The van der Waals surface area contributed by atoms with Crippen LogP contribution in [0.15, 0.2) is 22.6 Å². The molecule has 0 aliphatic carbocycles. The predicted octanol–water partition coefficient (Wildman–Crippen LogP) is 4.20. The number of ether oxygens (including phenoxy) is 1. The third-order valence-electron chi connectivity index (χ3n) is 3.64. The van der Waals surface area contributed by atoms with E-state index >= 15 is 0 Å². The smallest absolute Gasteiger partial charge is 0.311 e. The van der Waals surface area contributed by atoms with Crippen molar-refractivity contribution in [2.24, 2.45) is 9.81 Å². The van der Waals surface area contributed by atoms with Crippen LogP contribution in [0.2, 0.25) is 0 Å². The van der Waals surface area contributed by atoms with Crippen LogP contribution in [0.25, 0.3) is 0 Å². The Morgan fingerprint density at radius 1 is 1.12 bits per heavy atom. The average molecular weight is 373 g/mol. The topological polar surface area (TPSA) is 55.7 Å². The zero-order valence-corrected chi connectivity index (χ0v) is 16.3. The van der Waals surface area contributed by atoms with Crippen molar-refractivity contribution in [2.45, 2.75) is 52.2 Å². The summed E-state index contributed by atoms with van der Waals surface area (Å²) in [6.07, 6.45) is 0.560. The van der Waals surface area contributed by atoms with E-state index in [-0.39, 0.29) is 12.0 Å². The highest BCUT2D eigenvalue weighted by atomic mass is 32.2. The molecule has 7 heteroatoms. The molecule has 0 N–H and O–H groups in total. The molecule has 0 saturated carbocycles. The zero-order chi connectivity index (χ0) is 19.4. The van der Waals surface area contributed by atoms with Gasteiger partial charge in [0.1, 0.15) is 22.6 Å². The Hall–Kier alpha value is -1.63. The van der Waals surface area contributed by atoms with Gasteiger partial charge < -0.3 is 4.74 Å². The molecular weight excluding hydrogens is 348 g/mol. The highest BCUT2D eigenvalue weighted by Gasteiger charge is 2.29. The maximum absolute atomic E-state index is 13.6. The first-order valence-corrected chi connectivity index (χ1v) is 9.02. The monoisotopic (exact) mass is 373 g/mol. The minimum atomic E-state index is -1.59. The van der Waals surface area contributed by atoms with Crippen molar-refractivity contribution in [3.63, 3.8) is 0 Å². The number of hydrogen-bond donors (Lipinski definition) is 0. The number of halogens is 2. The van der Waals surface area contributed by atoms with Crippen LogP contribution < -0.4 is 0 Å². The van der Waals surface area contributed by atoms with Gasteiger partial charge in [-0.2, -0.15) is 4.40 Å². The number of esters is 1. The number of hydrogen-bond acceptors (Lipinski definition) is 3. The molecule has 1 rings (SSSR count). The first kappa shape index (κ1) is 21.4. The van der Waals surface area contributed by atoms with Crippen LogP contribution in [0.3, 0.4) is 0 Å². The average Bonchev–Trinajstić information content (AvgIpc) is 2.48. The van der Waals surface area contributed by atoms with E-state index in [2.05, 4.69) is 4.40 Å². The van der Waals surface area contributed by atoms with Crippen LogP contribution in [0, 0.1) is 17.0 Å². The highest BCUT2D eigenvalue weighted by Crippen LogP contribution is 2.26. The van der Waals surface area contributed by atoms with Crippen LogP contribution in [0.5, 0.6) is 0 Å². The van der Waals surface area contributed by atoms with Crippen LogP contribution in [0.1, 0.15) is 53.0 Å². The van der Waals surface area contributed by atoms with Crippen LogP contribution in [0.4, 0.5) is 8.78 Å². The van der Waals surface area contributed by atoms with E-state index < -0.39 is 38.8 Å². The van der Waals surface area contributed by atoms with Crippen LogP contribution in [-0.4, -0.2) is 27.7 Å². The lowest BCUT2D eigenvalue weighted by Gasteiger charge is -2.22. The van der Waals surface area contributed by atoms with Crippen molar-refractivity contribution in [1.29, 1.82) is 0 Å². The number of carbonyl (C=O) groups is 1. The summed E-state index contributed by atoms with van der Waals surface area (Å²) >= 11 is 0. The molecular formula is C18H25F2NO3S. The molecule has 0 unspecified atom stereocenters. The van der Waals surface area contributed by atoms with Gasteiger partial charge >= 0.3 is 5.97 Å². The SMILES string of the molecule is COC(=O)C(C)(C)CC/C(=N/[S@@](=O)C(C)(C)C)c1cc(F)cc(F)c1. The van der Waals surface area contributed by atoms with Gasteiger partial charge in [0.25, 0.3) is 0 Å². The number of carbonyl (C=O) groups excluding carboxylic acids is 1. The van der Waals surface area contributed by atoms with Crippen molar-refractivity contribution >= 4 is 22.7 Å². The van der Waals surface area contributed by atoms with Gasteiger partial charge in [0.15, 0.2) is 0 Å². The molecule has 0 saturated heterocycles. The van der Waals surface area contributed by atoms with Crippen molar-refractivity contribution in [1.82, 2.24) is 0 Å².